The highest BCUT2D eigenvalue weighted by molar-refractivity contribution is 5.94. The lowest BCUT2D eigenvalue weighted by Gasteiger charge is -2.42. The number of ether oxygens (including phenoxy) is 1. The summed E-state index contributed by atoms with van der Waals surface area (Å²) in [5.41, 5.74) is 5.90. The third kappa shape index (κ3) is 2.79. The highest BCUT2D eigenvalue weighted by atomic mass is 16.5. The summed E-state index contributed by atoms with van der Waals surface area (Å²) >= 11 is 0. The van der Waals surface area contributed by atoms with Crippen molar-refractivity contribution in [2.75, 3.05) is 18.0 Å². The second kappa shape index (κ2) is 4.57. The first-order valence-corrected chi connectivity index (χ1v) is 6.10. The molecule has 1 unspecified atom stereocenters. The van der Waals surface area contributed by atoms with E-state index in [0.29, 0.717) is 5.56 Å². The van der Waals surface area contributed by atoms with Crippen LogP contribution in [0.25, 0.3) is 0 Å². The van der Waals surface area contributed by atoms with Crippen molar-refractivity contribution in [2.24, 2.45) is 5.73 Å². The van der Waals surface area contributed by atoms with Crippen LogP contribution in [-0.2, 0) is 4.74 Å². The van der Waals surface area contributed by atoms with E-state index in [4.69, 9.17) is 15.9 Å². The van der Waals surface area contributed by atoms with Crippen molar-refractivity contribution in [1.82, 2.24) is 4.98 Å². The molecule has 2 heterocycles. The molecule has 1 aromatic heterocycles. The van der Waals surface area contributed by atoms with Gasteiger partial charge in [-0.25, -0.2) is 4.98 Å². The van der Waals surface area contributed by atoms with Gasteiger partial charge in [0.25, 0.3) is 0 Å². The number of nitrogen functional groups attached to an aromatic ring is 1. The fourth-order valence-electron chi connectivity index (χ4n) is 2.36. The predicted octanol–water partition coefficient (Wildman–Crippen LogP) is 1.37. The molecule has 0 amide bonds. The van der Waals surface area contributed by atoms with E-state index in [0.717, 1.165) is 18.9 Å². The molecule has 0 aromatic carbocycles. The Balaban J connectivity index is 2.18. The second-order valence-electron chi connectivity index (χ2n) is 5.39. The molecule has 1 aromatic rings. The van der Waals surface area contributed by atoms with Crippen molar-refractivity contribution in [2.45, 2.75) is 32.5 Å². The minimum Gasteiger partial charge on any atom is -0.384 e. The molecule has 1 aliphatic heterocycles. The minimum absolute atomic E-state index is 0.0460. The van der Waals surface area contributed by atoms with Crippen molar-refractivity contribution in [3.63, 3.8) is 0 Å². The van der Waals surface area contributed by atoms with Gasteiger partial charge in [0.15, 0.2) is 0 Å². The number of morpholine rings is 1. The fraction of sp³-hybridized carbons (Fsp3) is 0.538. The molecular weight excluding hydrogens is 228 g/mol. The SMILES string of the molecule is CC1CN(c2ccc(C(=N)N)cn2)CC(C)(C)O1. The van der Waals surface area contributed by atoms with Crippen molar-refractivity contribution in [3.8, 4) is 0 Å². The first kappa shape index (κ1) is 12.8. The third-order valence-electron chi connectivity index (χ3n) is 2.95. The topological polar surface area (TPSA) is 75.2 Å². The normalized spacial score (nSPS) is 22.8. The van der Waals surface area contributed by atoms with Crippen LogP contribution in [0.15, 0.2) is 18.3 Å². The number of nitrogens with two attached hydrogens (primary N) is 1. The van der Waals surface area contributed by atoms with Gasteiger partial charge in [-0.1, -0.05) is 0 Å². The molecule has 1 fully saturated rings. The zero-order chi connectivity index (χ0) is 13.3. The van der Waals surface area contributed by atoms with Crippen molar-refractivity contribution >= 4 is 11.7 Å². The smallest absolute Gasteiger partial charge is 0.128 e. The van der Waals surface area contributed by atoms with Crippen LogP contribution in [0.1, 0.15) is 26.3 Å². The van der Waals surface area contributed by atoms with Gasteiger partial charge in [-0.2, -0.15) is 0 Å². The van der Waals surface area contributed by atoms with Crippen LogP contribution in [0, 0.1) is 5.41 Å². The molecule has 1 saturated heterocycles. The molecule has 1 atom stereocenters. The van der Waals surface area contributed by atoms with Gasteiger partial charge in [-0.3, -0.25) is 5.41 Å². The maximum Gasteiger partial charge on any atom is 0.128 e. The molecule has 2 rings (SSSR count). The lowest BCUT2D eigenvalue weighted by atomic mass is 10.1. The van der Waals surface area contributed by atoms with E-state index >= 15 is 0 Å². The highest BCUT2D eigenvalue weighted by Crippen LogP contribution is 2.24. The summed E-state index contributed by atoms with van der Waals surface area (Å²) in [6.07, 6.45) is 1.83. The van der Waals surface area contributed by atoms with Crippen LogP contribution >= 0.6 is 0 Å². The predicted molar refractivity (Wildman–Crippen MR) is 72.1 cm³/mol. The lowest BCUT2D eigenvalue weighted by Crippen LogP contribution is -2.52. The number of nitrogens with one attached hydrogen (secondary N) is 1. The molecule has 5 nitrogen and oxygen atoms in total. The Morgan fingerprint density at radius 3 is 2.78 bits per heavy atom. The first-order chi connectivity index (χ1) is 8.37. The lowest BCUT2D eigenvalue weighted by molar-refractivity contribution is -0.0751. The van der Waals surface area contributed by atoms with Crippen molar-refractivity contribution < 1.29 is 4.74 Å². The highest BCUT2D eigenvalue weighted by Gasteiger charge is 2.31. The van der Waals surface area contributed by atoms with E-state index in [9.17, 15) is 0 Å². The Kier molecular flexibility index (Phi) is 3.26. The average molecular weight is 248 g/mol. The number of anilines is 1. The number of hydrogen-bond acceptors (Lipinski definition) is 4. The van der Waals surface area contributed by atoms with E-state index in [1.807, 2.05) is 12.1 Å². The van der Waals surface area contributed by atoms with Gasteiger partial charge in [0.1, 0.15) is 11.7 Å². The van der Waals surface area contributed by atoms with Crippen LogP contribution in [0.4, 0.5) is 5.82 Å². The molecule has 0 saturated carbocycles. The van der Waals surface area contributed by atoms with Crippen LogP contribution in [0.3, 0.4) is 0 Å². The number of nitrogens with zero attached hydrogens (tertiary/aromatic N) is 2. The second-order valence-corrected chi connectivity index (χ2v) is 5.39. The molecule has 0 bridgehead atoms. The summed E-state index contributed by atoms with van der Waals surface area (Å²) in [6, 6.07) is 3.74. The van der Waals surface area contributed by atoms with Gasteiger partial charge in [0, 0.05) is 24.8 Å². The minimum atomic E-state index is -0.168. The Labute approximate surface area is 107 Å². The van der Waals surface area contributed by atoms with E-state index in [1.165, 1.54) is 0 Å². The van der Waals surface area contributed by atoms with Crippen molar-refractivity contribution in [1.29, 1.82) is 5.41 Å². The van der Waals surface area contributed by atoms with E-state index in [1.54, 1.807) is 6.20 Å². The quantitative estimate of drug-likeness (QED) is 0.612. The number of amidine groups is 1. The van der Waals surface area contributed by atoms with Gasteiger partial charge >= 0.3 is 0 Å². The molecular formula is C13H20N4O. The van der Waals surface area contributed by atoms with Crippen LogP contribution in [-0.4, -0.2) is 35.6 Å². The maximum atomic E-state index is 7.35. The van der Waals surface area contributed by atoms with Crippen LogP contribution in [0.2, 0.25) is 0 Å². The molecule has 0 spiro atoms. The van der Waals surface area contributed by atoms with Gasteiger partial charge < -0.3 is 15.4 Å². The number of aromatic nitrogens is 1. The molecule has 0 radical (unpaired) electrons. The maximum absolute atomic E-state index is 7.35. The summed E-state index contributed by atoms with van der Waals surface area (Å²) in [5.74, 6) is 0.952. The fourth-order valence-corrected chi connectivity index (χ4v) is 2.36. The molecule has 18 heavy (non-hydrogen) atoms. The number of hydrogen-bond donors (Lipinski definition) is 2. The van der Waals surface area contributed by atoms with E-state index < -0.39 is 0 Å². The van der Waals surface area contributed by atoms with Gasteiger partial charge in [0.05, 0.1) is 11.7 Å². The Morgan fingerprint density at radius 1 is 1.56 bits per heavy atom. The monoisotopic (exact) mass is 248 g/mol. The van der Waals surface area contributed by atoms with Gasteiger partial charge in [-0.05, 0) is 32.9 Å². The number of pyridine rings is 1. The Hall–Kier alpha value is -1.62. The third-order valence-corrected chi connectivity index (χ3v) is 2.95. The van der Waals surface area contributed by atoms with Crippen LogP contribution in [0.5, 0.6) is 0 Å². The summed E-state index contributed by atoms with van der Waals surface area (Å²) in [4.78, 5) is 6.58. The van der Waals surface area contributed by atoms with Crippen LogP contribution < -0.4 is 10.6 Å². The van der Waals surface area contributed by atoms with Crippen molar-refractivity contribution in [3.05, 3.63) is 23.9 Å². The van der Waals surface area contributed by atoms with Gasteiger partial charge in [0.2, 0.25) is 0 Å². The molecule has 98 valence electrons. The zero-order valence-corrected chi connectivity index (χ0v) is 11.1. The molecule has 0 aliphatic carbocycles. The van der Waals surface area contributed by atoms with Gasteiger partial charge in [-0.15, -0.1) is 0 Å². The summed E-state index contributed by atoms with van der Waals surface area (Å²) in [5, 5.41) is 7.35. The summed E-state index contributed by atoms with van der Waals surface area (Å²) in [6.45, 7) is 7.87. The summed E-state index contributed by atoms with van der Waals surface area (Å²) < 4.78 is 5.86. The Bertz CT molecular complexity index is 441. The Morgan fingerprint density at radius 2 is 2.28 bits per heavy atom. The van der Waals surface area contributed by atoms with E-state index in [2.05, 4.69) is 30.7 Å². The standard InChI is InChI=1S/C13H20N4O/c1-9-7-17(8-13(2,3)18-9)11-5-4-10(6-16-11)12(14)15/h4-6,9H,7-8H2,1-3H3,(H3,14,15). The number of rotatable bonds is 2. The average Bonchev–Trinajstić information content (AvgIpc) is 2.26. The molecule has 5 heteroatoms. The molecule has 1 aliphatic rings. The largest absolute Gasteiger partial charge is 0.384 e. The summed E-state index contributed by atoms with van der Waals surface area (Å²) in [7, 11) is 0. The zero-order valence-electron chi connectivity index (χ0n) is 11.1. The molecule has 3 N–H and O–H groups in total. The first-order valence-electron chi connectivity index (χ1n) is 6.10. The van der Waals surface area contributed by atoms with E-state index in [-0.39, 0.29) is 17.5 Å².